The Bertz CT molecular complexity index is 1100. The number of carbonyl (C=O) groups excluding carboxylic acids is 2. The van der Waals surface area contributed by atoms with Gasteiger partial charge in [0.05, 0.1) is 18.3 Å². The molecule has 8 nitrogen and oxygen atoms in total. The van der Waals surface area contributed by atoms with E-state index >= 15 is 4.39 Å². The van der Waals surface area contributed by atoms with E-state index < -0.39 is 29.3 Å². The number of pyridine rings is 1. The molecule has 1 saturated carbocycles. The third-order valence-corrected chi connectivity index (χ3v) is 6.24. The average Bonchev–Trinajstić information content (AvgIpc) is 3.64. The Hall–Kier alpha value is -2.94. The van der Waals surface area contributed by atoms with Crippen LogP contribution in [-0.2, 0) is 14.3 Å². The highest BCUT2D eigenvalue weighted by atomic mass is 19.1. The summed E-state index contributed by atoms with van der Waals surface area (Å²) >= 11 is 0. The van der Waals surface area contributed by atoms with Crippen LogP contribution in [0.15, 0.2) is 23.1 Å². The molecule has 0 unspecified atom stereocenters. The number of nitrogens with zero attached hydrogens (tertiary/aromatic N) is 3. The van der Waals surface area contributed by atoms with Crippen molar-refractivity contribution in [1.82, 2.24) is 9.47 Å². The molecule has 1 aromatic heterocycles. The minimum absolute atomic E-state index is 0.130. The van der Waals surface area contributed by atoms with E-state index in [1.807, 2.05) is 9.47 Å². The van der Waals surface area contributed by atoms with Gasteiger partial charge in [-0.2, -0.15) is 0 Å². The van der Waals surface area contributed by atoms with Crippen LogP contribution in [0.3, 0.4) is 0 Å². The van der Waals surface area contributed by atoms with Gasteiger partial charge in [-0.3, -0.25) is 4.79 Å². The van der Waals surface area contributed by atoms with Gasteiger partial charge >= 0.3 is 11.9 Å². The lowest BCUT2D eigenvalue weighted by molar-refractivity contribution is -0.149. The first kappa shape index (κ1) is 22.3. The maximum atomic E-state index is 15.1. The number of halogens is 1. The summed E-state index contributed by atoms with van der Waals surface area (Å²) in [6.45, 7) is 7.56. The quantitative estimate of drug-likeness (QED) is 0.632. The standard InChI is InChI=1S/C23H28FN3O5/c1-4-25-7-9-26(10-8-25)20-12-19-16(11-18(20)24)21(28)17(13-27(19)15-5-6-15)23(30)32-14(2)22(29)31-3/h11-15H,4-10H2,1-3H3/t14-/m1/s1. The van der Waals surface area contributed by atoms with E-state index in [-0.39, 0.29) is 17.0 Å². The Morgan fingerprint density at radius 1 is 1.19 bits per heavy atom. The molecule has 1 atom stereocenters. The highest BCUT2D eigenvalue weighted by Crippen LogP contribution is 2.38. The molecule has 2 heterocycles. The maximum Gasteiger partial charge on any atom is 0.346 e. The van der Waals surface area contributed by atoms with E-state index in [1.54, 1.807) is 6.07 Å². The fourth-order valence-corrected chi connectivity index (χ4v) is 4.14. The molecule has 2 fully saturated rings. The number of fused-ring (bicyclic) bond motifs is 1. The molecular weight excluding hydrogens is 417 g/mol. The summed E-state index contributed by atoms with van der Waals surface area (Å²) in [6.07, 6.45) is 2.14. The van der Waals surface area contributed by atoms with E-state index in [2.05, 4.69) is 16.6 Å². The highest BCUT2D eigenvalue weighted by molar-refractivity contribution is 5.95. The second kappa shape index (κ2) is 8.90. The molecule has 0 amide bonds. The normalized spacial score (nSPS) is 17.9. The van der Waals surface area contributed by atoms with E-state index in [0.717, 1.165) is 32.5 Å². The zero-order valence-electron chi connectivity index (χ0n) is 18.6. The van der Waals surface area contributed by atoms with Crippen LogP contribution >= 0.6 is 0 Å². The predicted molar refractivity (Wildman–Crippen MR) is 118 cm³/mol. The molecular formula is C23H28FN3O5. The lowest BCUT2D eigenvalue weighted by Gasteiger charge is -2.35. The average molecular weight is 445 g/mol. The van der Waals surface area contributed by atoms with Crippen molar-refractivity contribution in [2.45, 2.75) is 38.8 Å². The molecule has 0 spiro atoms. The molecule has 0 radical (unpaired) electrons. The molecule has 1 aliphatic heterocycles. The van der Waals surface area contributed by atoms with Crippen LogP contribution in [0.1, 0.15) is 43.1 Å². The van der Waals surface area contributed by atoms with Gasteiger partial charge in [-0.1, -0.05) is 6.92 Å². The molecule has 1 aliphatic carbocycles. The third kappa shape index (κ3) is 4.21. The lowest BCUT2D eigenvalue weighted by atomic mass is 10.1. The second-order valence-corrected chi connectivity index (χ2v) is 8.32. The molecule has 0 bridgehead atoms. The number of anilines is 1. The monoisotopic (exact) mass is 445 g/mol. The Morgan fingerprint density at radius 3 is 2.47 bits per heavy atom. The summed E-state index contributed by atoms with van der Waals surface area (Å²) in [6, 6.07) is 3.08. The number of carbonyl (C=O) groups is 2. The number of methoxy groups -OCH3 is 1. The smallest absolute Gasteiger partial charge is 0.346 e. The SMILES string of the molecule is CCN1CCN(c2cc3c(cc2F)c(=O)c(C(=O)O[C@H](C)C(=O)OC)cn3C2CC2)CC1. The van der Waals surface area contributed by atoms with Crippen LogP contribution in [-0.4, -0.2) is 67.3 Å². The first-order valence-corrected chi connectivity index (χ1v) is 11.0. The van der Waals surface area contributed by atoms with Crippen molar-refractivity contribution < 1.29 is 23.5 Å². The van der Waals surface area contributed by atoms with E-state index in [4.69, 9.17) is 4.74 Å². The van der Waals surface area contributed by atoms with Crippen LogP contribution in [0, 0.1) is 5.82 Å². The summed E-state index contributed by atoms with van der Waals surface area (Å²) < 4.78 is 26.7. The number of benzene rings is 1. The fraction of sp³-hybridized carbons (Fsp3) is 0.522. The van der Waals surface area contributed by atoms with Gasteiger partial charge < -0.3 is 23.8 Å². The molecule has 2 aromatic rings. The summed E-state index contributed by atoms with van der Waals surface area (Å²) in [5.74, 6) is -2.14. The number of hydrogen-bond acceptors (Lipinski definition) is 7. The molecule has 172 valence electrons. The lowest BCUT2D eigenvalue weighted by Crippen LogP contribution is -2.46. The van der Waals surface area contributed by atoms with Crippen LogP contribution < -0.4 is 10.3 Å². The molecule has 0 N–H and O–H groups in total. The van der Waals surface area contributed by atoms with E-state index in [1.165, 1.54) is 26.3 Å². The second-order valence-electron chi connectivity index (χ2n) is 8.32. The van der Waals surface area contributed by atoms with Crippen LogP contribution in [0.4, 0.5) is 10.1 Å². The van der Waals surface area contributed by atoms with Crippen molar-refractivity contribution in [3.05, 3.63) is 39.9 Å². The van der Waals surface area contributed by atoms with Gasteiger partial charge in [-0.15, -0.1) is 0 Å². The Kier molecular flexibility index (Phi) is 6.19. The minimum Gasteiger partial charge on any atom is -0.466 e. The zero-order chi connectivity index (χ0) is 23.0. The number of piperazine rings is 1. The number of aromatic nitrogens is 1. The van der Waals surface area contributed by atoms with Gasteiger partial charge in [0.1, 0.15) is 11.4 Å². The summed E-state index contributed by atoms with van der Waals surface area (Å²) in [7, 11) is 1.19. The van der Waals surface area contributed by atoms with Gasteiger partial charge in [0, 0.05) is 43.8 Å². The first-order chi connectivity index (χ1) is 15.3. The van der Waals surface area contributed by atoms with Gasteiger partial charge in [-0.25, -0.2) is 14.0 Å². The van der Waals surface area contributed by atoms with Crippen molar-refractivity contribution in [2.24, 2.45) is 0 Å². The zero-order valence-corrected chi connectivity index (χ0v) is 18.6. The van der Waals surface area contributed by atoms with Crippen LogP contribution in [0.2, 0.25) is 0 Å². The molecule has 9 heteroatoms. The highest BCUT2D eigenvalue weighted by Gasteiger charge is 2.30. The largest absolute Gasteiger partial charge is 0.466 e. The molecule has 1 saturated heterocycles. The topological polar surface area (TPSA) is 81.1 Å². The van der Waals surface area contributed by atoms with E-state index in [0.29, 0.717) is 24.3 Å². The summed E-state index contributed by atoms with van der Waals surface area (Å²) in [5, 5.41) is 0.130. The van der Waals surface area contributed by atoms with Crippen LogP contribution in [0.5, 0.6) is 0 Å². The van der Waals surface area contributed by atoms with Gasteiger partial charge in [0.25, 0.3) is 0 Å². The number of esters is 2. The van der Waals surface area contributed by atoms with Gasteiger partial charge in [-0.05, 0) is 38.4 Å². The van der Waals surface area contributed by atoms with Crippen molar-refractivity contribution in [1.29, 1.82) is 0 Å². The molecule has 32 heavy (non-hydrogen) atoms. The first-order valence-electron chi connectivity index (χ1n) is 11.0. The molecule has 2 aliphatic rings. The summed E-state index contributed by atoms with van der Waals surface area (Å²) in [4.78, 5) is 41.6. The van der Waals surface area contributed by atoms with Gasteiger partial charge in [0.2, 0.25) is 5.43 Å². The number of hydrogen-bond donors (Lipinski definition) is 0. The predicted octanol–water partition coefficient (Wildman–Crippen LogP) is 2.34. The van der Waals surface area contributed by atoms with Gasteiger partial charge in [0.15, 0.2) is 6.10 Å². The minimum atomic E-state index is -1.15. The fourth-order valence-electron chi connectivity index (χ4n) is 4.14. The van der Waals surface area contributed by atoms with Crippen LogP contribution in [0.25, 0.3) is 10.9 Å². The Balaban J connectivity index is 1.74. The van der Waals surface area contributed by atoms with Crippen molar-refractivity contribution >= 4 is 28.5 Å². The Morgan fingerprint density at radius 2 is 1.88 bits per heavy atom. The molecule has 4 rings (SSSR count). The van der Waals surface area contributed by atoms with E-state index in [9.17, 15) is 14.4 Å². The Labute approximate surface area is 185 Å². The van der Waals surface area contributed by atoms with Crippen molar-refractivity contribution in [2.75, 3.05) is 44.7 Å². The number of ether oxygens (including phenoxy) is 2. The van der Waals surface area contributed by atoms with Crippen molar-refractivity contribution in [3.63, 3.8) is 0 Å². The third-order valence-electron chi connectivity index (χ3n) is 6.24. The summed E-state index contributed by atoms with van der Waals surface area (Å²) in [5.41, 5.74) is 0.241. The number of rotatable bonds is 6. The maximum absolute atomic E-state index is 15.1. The van der Waals surface area contributed by atoms with Crippen molar-refractivity contribution in [3.8, 4) is 0 Å². The number of likely N-dealkylation sites (N-methyl/N-ethyl adjacent to an activating group) is 1. The molecule has 1 aromatic carbocycles.